The molecule has 0 unspecified atom stereocenters. The van der Waals surface area contributed by atoms with Crippen molar-refractivity contribution >= 4 is 24.0 Å². The van der Waals surface area contributed by atoms with E-state index in [-0.39, 0.29) is 12.2 Å². The fourth-order valence-electron chi connectivity index (χ4n) is 2.38. The second-order valence-electron chi connectivity index (χ2n) is 6.58. The van der Waals surface area contributed by atoms with E-state index >= 15 is 0 Å². The Labute approximate surface area is 141 Å². The predicted molar refractivity (Wildman–Crippen MR) is 88.3 cm³/mol. The first-order chi connectivity index (χ1) is 10.8. The number of amides is 1. The highest BCUT2D eigenvalue weighted by molar-refractivity contribution is 6.30. The molecule has 1 aromatic rings. The van der Waals surface area contributed by atoms with Gasteiger partial charge in [0, 0.05) is 31.0 Å². The zero-order valence-corrected chi connectivity index (χ0v) is 14.4. The third-order valence-electron chi connectivity index (χ3n) is 3.49. The lowest BCUT2D eigenvalue weighted by Crippen LogP contribution is -2.44. The molecule has 6 heteroatoms. The van der Waals surface area contributed by atoms with Crippen molar-refractivity contribution in [3.8, 4) is 5.75 Å². The van der Waals surface area contributed by atoms with Gasteiger partial charge in [0.1, 0.15) is 17.5 Å². The summed E-state index contributed by atoms with van der Waals surface area (Å²) in [4.78, 5) is 24.8. The largest absolute Gasteiger partial charge is 0.490 e. The number of carbonyl (C=O) groups excluding carboxylic acids is 2. The van der Waals surface area contributed by atoms with Gasteiger partial charge in [0.15, 0.2) is 6.29 Å². The summed E-state index contributed by atoms with van der Waals surface area (Å²) in [6.45, 7) is 6.69. The highest BCUT2D eigenvalue weighted by Gasteiger charge is 2.27. The molecule has 0 saturated carbocycles. The third kappa shape index (κ3) is 5.13. The Hall–Kier alpha value is -1.75. The number of rotatable bonds is 3. The van der Waals surface area contributed by atoms with E-state index in [9.17, 15) is 9.59 Å². The molecule has 0 radical (unpaired) electrons. The van der Waals surface area contributed by atoms with Crippen LogP contribution in [0.1, 0.15) is 44.0 Å². The lowest BCUT2D eigenvalue weighted by Gasteiger charge is -2.33. The first-order valence-electron chi connectivity index (χ1n) is 7.68. The summed E-state index contributed by atoms with van der Waals surface area (Å²) < 4.78 is 11.3. The van der Waals surface area contributed by atoms with E-state index in [4.69, 9.17) is 21.1 Å². The van der Waals surface area contributed by atoms with Crippen LogP contribution in [0.15, 0.2) is 18.2 Å². The van der Waals surface area contributed by atoms with Crippen molar-refractivity contribution in [2.24, 2.45) is 0 Å². The highest BCUT2D eigenvalue weighted by Crippen LogP contribution is 2.25. The van der Waals surface area contributed by atoms with Gasteiger partial charge in [-0.05, 0) is 39.0 Å². The molecule has 1 fully saturated rings. The van der Waals surface area contributed by atoms with Crippen LogP contribution in [0.5, 0.6) is 5.75 Å². The van der Waals surface area contributed by atoms with Crippen LogP contribution in [0.25, 0.3) is 0 Å². The number of ether oxygens (including phenoxy) is 2. The first-order valence-corrected chi connectivity index (χ1v) is 8.05. The van der Waals surface area contributed by atoms with E-state index in [1.54, 1.807) is 23.1 Å². The maximum absolute atomic E-state index is 12.0. The van der Waals surface area contributed by atoms with Crippen LogP contribution in [0.2, 0.25) is 5.02 Å². The van der Waals surface area contributed by atoms with Gasteiger partial charge in [-0.3, -0.25) is 4.79 Å². The number of piperidine rings is 1. The summed E-state index contributed by atoms with van der Waals surface area (Å²) in [6, 6.07) is 4.98. The first kappa shape index (κ1) is 17.6. The summed E-state index contributed by atoms with van der Waals surface area (Å²) in [5.41, 5.74) is -0.0563. The number of hydrogen-bond acceptors (Lipinski definition) is 4. The van der Waals surface area contributed by atoms with Gasteiger partial charge >= 0.3 is 6.09 Å². The minimum Gasteiger partial charge on any atom is -0.490 e. The minimum absolute atomic E-state index is 0.0337. The van der Waals surface area contributed by atoms with Gasteiger partial charge in [-0.1, -0.05) is 11.6 Å². The predicted octanol–water partition coefficient (Wildman–Crippen LogP) is 3.93. The summed E-state index contributed by atoms with van der Waals surface area (Å²) >= 11 is 5.87. The van der Waals surface area contributed by atoms with Gasteiger partial charge in [-0.2, -0.15) is 0 Å². The molecular formula is C17H22ClNO4. The van der Waals surface area contributed by atoms with E-state index in [1.807, 2.05) is 20.8 Å². The molecule has 0 aliphatic carbocycles. The van der Waals surface area contributed by atoms with Gasteiger partial charge in [0.25, 0.3) is 0 Å². The Morgan fingerprint density at radius 1 is 1.30 bits per heavy atom. The number of nitrogens with zero attached hydrogens (tertiary/aromatic N) is 1. The van der Waals surface area contributed by atoms with E-state index in [2.05, 4.69) is 0 Å². The van der Waals surface area contributed by atoms with Crippen molar-refractivity contribution in [3.05, 3.63) is 28.8 Å². The van der Waals surface area contributed by atoms with Gasteiger partial charge < -0.3 is 14.4 Å². The molecule has 5 nitrogen and oxygen atoms in total. The van der Waals surface area contributed by atoms with Crippen molar-refractivity contribution in [2.75, 3.05) is 13.1 Å². The molecule has 1 aliphatic rings. The zero-order valence-electron chi connectivity index (χ0n) is 13.7. The quantitative estimate of drug-likeness (QED) is 0.783. The van der Waals surface area contributed by atoms with E-state index in [0.29, 0.717) is 42.3 Å². The number of aldehydes is 1. The van der Waals surface area contributed by atoms with Crippen LogP contribution in [0, 0.1) is 0 Å². The normalized spacial score (nSPS) is 16.1. The van der Waals surface area contributed by atoms with E-state index in [0.717, 1.165) is 6.29 Å². The third-order valence-corrected chi connectivity index (χ3v) is 3.72. The Kier molecular flexibility index (Phi) is 5.52. The zero-order chi connectivity index (χ0) is 17.0. The Morgan fingerprint density at radius 2 is 1.96 bits per heavy atom. The molecule has 1 aromatic carbocycles. The number of hydrogen-bond donors (Lipinski definition) is 0. The van der Waals surface area contributed by atoms with Crippen molar-refractivity contribution in [1.82, 2.24) is 4.90 Å². The molecule has 0 spiro atoms. The number of halogens is 1. The fraction of sp³-hybridized carbons (Fsp3) is 0.529. The molecule has 2 rings (SSSR count). The average molecular weight is 340 g/mol. The molecule has 0 bridgehead atoms. The van der Waals surface area contributed by atoms with Gasteiger partial charge in [0.2, 0.25) is 0 Å². The van der Waals surface area contributed by atoms with Crippen LogP contribution < -0.4 is 4.74 Å². The molecule has 1 aliphatic heterocycles. The molecule has 0 aromatic heterocycles. The van der Waals surface area contributed by atoms with Crippen molar-refractivity contribution in [3.63, 3.8) is 0 Å². The summed E-state index contributed by atoms with van der Waals surface area (Å²) in [7, 11) is 0. The maximum atomic E-state index is 12.0. The molecule has 1 heterocycles. The lowest BCUT2D eigenvalue weighted by atomic mass is 10.1. The van der Waals surface area contributed by atoms with Gasteiger partial charge in [-0.25, -0.2) is 4.79 Å². The molecule has 1 amide bonds. The SMILES string of the molecule is CC(C)(C)OC(=O)N1CCC(Oc2ccc(Cl)cc2C=O)CC1. The van der Waals surface area contributed by atoms with Crippen molar-refractivity contribution < 1.29 is 19.1 Å². The molecule has 1 saturated heterocycles. The highest BCUT2D eigenvalue weighted by atomic mass is 35.5. The summed E-state index contributed by atoms with van der Waals surface area (Å²) in [6.07, 6.45) is 1.79. The summed E-state index contributed by atoms with van der Waals surface area (Å²) in [5.74, 6) is 0.528. The van der Waals surface area contributed by atoms with Crippen molar-refractivity contribution in [1.29, 1.82) is 0 Å². The van der Waals surface area contributed by atoms with Crippen LogP contribution in [0.4, 0.5) is 4.79 Å². The van der Waals surface area contributed by atoms with Gasteiger partial charge in [-0.15, -0.1) is 0 Å². The molecule has 23 heavy (non-hydrogen) atoms. The monoisotopic (exact) mass is 339 g/mol. The topological polar surface area (TPSA) is 55.8 Å². The fourth-order valence-corrected chi connectivity index (χ4v) is 2.56. The lowest BCUT2D eigenvalue weighted by molar-refractivity contribution is 0.0126. The molecule has 126 valence electrons. The standard InChI is InChI=1S/C17H22ClNO4/c1-17(2,3)23-16(21)19-8-6-14(7-9-19)22-15-5-4-13(18)10-12(15)11-20/h4-5,10-11,14H,6-9H2,1-3H3. The van der Waals surface area contributed by atoms with E-state index < -0.39 is 5.60 Å². The minimum atomic E-state index is -0.493. The number of benzene rings is 1. The van der Waals surface area contributed by atoms with Crippen LogP contribution >= 0.6 is 11.6 Å². The van der Waals surface area contributed by atoms with Crippen LogP contribution in [0.3, 0.4) is 0 Å². The van der Waals surface area contributed by atoms with Crippen LogP contribution in [-0.4, -0.2) is 42.1 Å². The van der Waals surface area contributed by atoms with Gasteiger partial charge in [0.05, 0.1) is 5.56 Å². The second-order valence-corrected chi connectivity index (χ2v) is 7.02. The smallest absolute Gasteiger partial charge is 0.410 e. The number of carbonyl (C=O) groups is 2. The Bertz CT molecular complexity index is 574. The molecular weight excluding hydrogens is 318 g/mol. The Morgan fingerprint density at radius 3 is 2.52 bits per heavy atom. The molecule has 0 N–H and O–H groups in total. The van der Waals surface area contributed by atoms with E-state index in [1.165, 1.54) is 0 Å². The Balaban J connectivity index is 1.90. The molecule has 0 atom stereocenters. The maximum Gasteiger partial charge on any atom is 0.410 e. The van der Waals surface area contributed by atoms with Crippen LogP contribution in [-0.2, 0) is 4.74 Å². The average Bonchev–Trinajstić information content (AvgIpc) is 2.48. The second kappa shape index (κ2) is 7.21. The number of likely N-dealkylation sites (tertiary alicyclic amines) is 1. The van der Waals surface area contributed by atoms with Crippen molar-refractivity contribution in [2.45, 2.75) is 45.3 Å². The summed E-state index contributed by atoms with van der Waals surface area (Å²) in [5, 5.41) is 0.499.